The van der Waals surface area contributed by atoms with Crippen LogP contribution in [-0.4, -0.2) is 23.5 Å². The molecule has 0 aliphatic rings. The Labute approximate surface area is 123 Å². The maximum atomic E-state index is 12.1. The van der Waals surface area contributed by atoms with E-state index < -0.39 is 5.97 Å². The normalized spacial score (nSPS) is 10.1. The van der Waals surface area contributed by atoms with Gasteiger partial charge in [0.15, 0.2) is 0 Å². The quantitative estimate of drug-likeness (QED) is 0.885. The van der Waals surface area contributed by atoms with Crippen molar-refractivity contribution in [2.45, 2.75) is 13.3 Å². The zero-order valence-electron chi connectivity index (χ0n) is 11.8. The van der Waals surface area contributed by atoms with Gasteiger partial charge < -0.3 is 10.4 Å². The summed E-state index contributed by atoms with van der Waals surface area (Å²) in [5, 5.41) is 12.0. The Morgan fingerprint density at radius 3 is 2.29 bits per heavy atom. The van der Waals surface area contributed by atoms with E-state index >= 15 is 0 Å². The first kappa shape index (κ1) is 14.8. The Balaban J connectivity index is 2.44. The van der Waals surface area contributed by atoms with Crippen molar-refractivity contribution in [3.8, 4) is 11.1 Å². The number of carboxylic acid groups (broad SMARTS) is 1. The van der Waals surface area contributed by atoms with E-state index in [1.165, 1.54) is 6.07 Å². The van der Waals surface area contributed by atoms with E-state index in [2.05, 4.69) is 5.32 Å². The zero-order valence-corrected chi connectivity index (χ0v) is 11.8. The molecule has 2 aromatic carbocycles. The van der Waals surface area contributed by atoms with E-state index in [4.69, 9.17) is 0 Å². The summed E-state index contributed by atoms with van der Waals surface area (Å²) in [4.78, 5) is 23.3. The van der Waals surface area contributed by atoms with Gasteiger partial charge in [-0.1, -0.05) is 37.3 Å². The number of nitrogens with one attached hydrogen (secondary N) is 1. The molecule has 4 heteroatoms. The lowest BCUT2D eigenvalue weighted by atomic mass is 9.99. The van der Waals surface area contributed by atoms with E-state index in [0.717, 1.165) is 17.5 Å². The molecule has 0 spiro atoms. The first-order valence-corrected chi connectivity index (χ1v) is 6.84. The number of rotatable bonds is 5. The fraction of sp³-hybridized carbons (Fsp3) is 0.176. The van der Waals surface area contributed by atoms with Gasteiger partial charge in [-0.15, -0.1) is 0 Å². The summed E-state index contributed by atoms with van der Waals surface area (Å²) in [6, 6.07) is 14.1. The van der Waals surface area contributed by atoms with E-state index in [-0.39, 0.29) is 11.5 Å². The second-order valence-corrected chi connectivity index (χ2v) is 4.73. The van der Waals surface area contributed by atoms with Crippen LogP contribution in [0.25, 0.3) is 11.1 Å². The van der Waals surface area contributed by atoms with Gasteiger partial charge in [0.1, 0.15) is 0 Å². The molecule has 0 aromatic heterocycles. The van der Waals surface area contributed by atoms with Crippen molar-refractivity contribution < 1.29 is 14.7 Å². The summed E-state index contributed by atoms with van der Waals surface area (Å²) < 4.78 is 0. The smallest absolute Gasteiger partial charge is 0.335 e. The number of amides is 1. The third-order valence-electron chi connectivity index (χ3n) is 3.08. The van der Waals surface area contributed by atoms with E-state index in [1.54, 1.807) is 12.1 Å². The molecule has 1 amide bonds. The number of carboxylic acids is 1. The number of benzene rings is 2. The van der Waals surface area contributed by atoms with Gasteiger partial charge in [0, 0.05) is 12.1 Å². The van der Waals surface area contributed by atoms with Crippen LogP contribution in [0.2, 0.25) is 0 Å². The number of hydrogen-bond donors (Lipinski definition) is 2. The monoisotopic (exact) mass is 283 g/mol. The van der Waals surface area contributed by atoms with Crippen molar-refractivity contribution in [1.82, 2.24) is 5.32 Å². The molecule has 0 saturated heterocycles. The van der Waals surface area contributed by atoms with Gasteiger partial charge in [-0.25, -0.2) is 4.79 Å². The van der Waals surface area contributed by atoms with Crippen molar-refractivity contribution in [3.63, 3.8) is 0 Å². The van der Waals surface area contributed by atoms with E-state index in [0.29, 0.717) is 12.1 Å². The van der Waals surface area contributed by atoms with Gasteiger partial charge >= 0.3 is 5.97 Å². The van der Waals surface area contributed by atoms with Crippen molar-refractivity contribution in [2.24, 2.45) is 0 Å². The van der Waals surface area contributed by atoms with Gasteiger partial charge in [0.2, 0.25) is 0 Å². The first-order chi connectivity index (χ1) is 10.1. The fourth-order valence-corrected chi connectivity index (χ4v) is 2.02. The summed E-state index contributed by atoms with van der Waals surface area (Å²) in [6.07, 6.45) is 0.829. The van der Waals surface area contributed by atoms with Gasteiger partial charge in [-0.05, 0) is 35.7 Å². The summed E-state index contributed by atoms with van der Waals surface area (Å²) in [7, 11) is 0. The highest BCUT2D eigenvalue weighted by Crippen LogP contribution is 2.22. The van der Waals surface area contributed by atoms with Gasteiger partial charge in [0.25, 0.3) is 5.91 Å². The van der Waals surface area contributed by atoms with Crippen LogP contribution in [0.15, 0.2) is 48.5 Å². The predicted octanol–water partition coefficient (Wildman–Crippen LogP) is 3.19. The first-order valence-electron chi connectivity index (χ1n) is 6.84. The van der Waals surface area contributed by atoms with Crippen LogP contribution >= 0.6 is 0 Å². The Kier molecular flexibility index (Phi) is 4.72. The van der Waals surface area contributed by atoms with Crippen LogP contribution in [0, 0.1) is 0 Å². The van der Waals surface area contributed by atoms with Gasteiger partial charge in [-0.3, -0.25) is 4.79 Å². The lowest BCUT2D eigenvalue weighted by Crippen LogP contribution is -2.24. The van der Waals surface area contributed by atoms with Crippen LogP contribution < -0.4 is 5.32 Å². The fourth-order valence-electron chi connectivity index (χ4n) is 2.02. The SMILES string of the molecule is CCCNC(=O)c1cc(C(=O)O)cc(-c2ccccc2)c1. The van der Waals surface area contributed by atoms with Gasteiger partial charge in [-0.2, -0.15) is 0 Å². The van der Waals surface area contributed by atoms with Crippen LogP contribution in [0.4, 0.5) is 0 Å². The van der Waals surface area contributed by atoms with Crippen molar-refractivity contribution >= 4 is 11.9 Å². The molecular weight excluding hydrogens is 266 g/mol. The largest absolute Gasteiger partial charge is 0.478 e. The van der Waals surface area contributed by atoms with Crippen molar-refractivity contribution in [3.05, 3.63) is 59.7 Å². The standard InChI is InChI=1S/C17H17NO3/c1-2-8-18-16(19)14-9-13(10-15(11-14)17(20)21)12-6-4-3-5-7-12/h3-7,9-11H,2,8H2,1H3,(H,18,19)(H,20,21). The minimum atomic E-state index is -1.04. The average molecular weight is 283 g/mol. The summed E-state index contributed by atoms with van der Waals surface area (Å²) >= 11 is 0. The van der Waals surface area contributed by atoms with Crippen molar-refractivity contribution in [1.29, 1.82) is 0 Å². The number of hydrogen-bond acceptors (Lipinski definition) is 2. The minimum Gasteiger partial charge on any atom is -0.478 e. The molecule has 0 radical (unpaired) electrons. The minimum absolute atomic E-state index is 0.109. The molecule has 0 heterocycles. The molecule has 2 rings (SSSR count). The third kappa shape index (κ3) is 3.69. The Hall–Kier alpha value is -2.62. The molecule has 0 unspecified atom stereocenters. The molecule has 2 N–H and O–H groups in total. The molecular formula is C17H17NO3. The Morgan fingerprint density at radius 1 is 1.00 bits per heavy atom. The lowest BCUT2D eigenvalue weighted by molar-refractivity contribution is 0.0697. The topological polar surface area (TPSA) is 66.4 Å². The zero-order chi connectivity index (χ0) is 15.2. The highest BCUT2D eigenvalue weighted by molar-refractivity contribution is 5.99. The number of carbonyl (C=O) groups excluding carboxylic acids is 1. The molecule has 0 fully saturated rings. The third-order valence-corrected chi connectivity index (χ3v) is 3.08. The highest BCUT2D eigenvalue weighted by Gasteiger charge is 2.12. The predicted molar refractivity (Wildman–Crippen MR) is 81.5 cm³/mol. The van der Waals surface area contributed by atoms with Gasteiger partial charge in [0.05, 0.1) is 5.56 Å². The molecule has 0 saturated carbocycles. The number of aromatic carboxylic acids is 1. The average Bonchev–Trinajstić information content (AvgIpc) is 2.53. The van der Waals surface area contributed by atoms with E-state index in [9.17, 15) is 14.7 Å². The second-order valence-electron chi connectivity index (χ2n) is 4.73. The number of carbonyl (C=O) groups is 2. The van der Waals surface area contributed by atoms with Crippen LogP contribution in [0.1, 0.15) is 34.1 Å². The molecule has 0 aliphatic carbocycles. The Morgan fingerprint density at radius 2 is 1.67 bits per heavy atom. The lowest BCUT2D eigenvalue weighted by Gasteiger charge is -2.08. The molecule has 21 heavy (non-hydrogen) atoms. The summed E-state index contributed by atoms with van der Waals surface area (Å²) in [6.45, 7) is 2.53. The summed E-state index contributed by atoms with van der Waals surface area (Å²) in [5.74, 6) is -1.30. The molecule has 0 bridgehead atoms. The van der Waals surface area contributed by atoms with Crippen molar-refractivity contribution in [2.75, 3.05) is 6.54 Å². The molecule has 0 atom stereocenters. The summed E-state index contributed by atoms with van der Waals surface area (Å²) in [5.41, 5.74) is 2.07. The maximum absolute atomic E-state index is 12.1. The Bertz CT molecular complexity index is 650. The van der Waals surface area contributed by atoms with E-state index in [1.807, 2.05) is 37.3 Å². The molecule has 108 valence electrons. The molecule has 4 nitrogen and oxygen atoms in total. The maximum Gasteiger partial charge on any atom is 0.335 e. The second kappa shape index (κ2) is 6.70. The van der Waals surface area contributed by atoms with Crippen LogP contribution in [0.3, 0.4) is 0 Å². The molecule has 2 aromatic rings. The highest BCUT2D eigenvalue weighted by atomic mass is 16.4. The van der Waals surface area contributed by atoms with Crippen LogP contribution in [0.5, 0.6) is 0 Å². The molecule has 0 aliphatic heterocycles. The van der Waals surface area contributed by atoms with Crippen LogP contribution in [-0.2, 0) is 0 Å².